The Bertz CT molecular complexity index is 526. The van der Waals surface area contributed by atoms with Crippen LogP contribution in [0.4, 0.5) is 0 Å². The lowest BCUT2D eigenvalue weighted by molar-refractivity contribution is -0.193. The quantitative estimate of drug-likeness (QED) is 0.390. The average molecular weight is 467 g/mol. The fraction of sp³-hybridized carbons (Fsp3) is 1.00. The van der Waals surface area contributed by atoms with Gasteiger partial charge in [-0.05, 0) is 56.8 Å². The van der Waals surface area contributed by atoms with Gasteiger partial charge in [-0.25, -0.2) is 0 Å². The second-order valence-corrected chi connectivity index (χ2v) is 11.0. The lowest BCUT2D eigenvalue weighted by Crippen LogP contribution is -2.55. The Morgan fingerprint density at radius 1 is 0.818 bits per heavy atom. The van der Waals surface area contributed by atoms with Crippen LogP contribution in [-0.4, -0.2) is 57.3 Å². The molecule has 0 aromatic heterocycles. The van der Waals surface area contributed by atoms with Crippen LogP contribution in [0.3, 0.4) is 0 Å². The average Bonchev–Trinajstić information content (AvgIpc) is 3.25. The van der Waals surface area contributed by atoms with Gasteiger partial charge in [0.1, 0.15) is 6.10 Å². The zero-order chi connectivity index (χ0) is 22.8. The number of hydrogen-bond acceptors (Lipinski definition) is 6. The zero-order valence-corrected chi connectivity index (χ0v) is 21.2. The molecule has 33 heavy (non-hydrogen) atoms. The second-order valence-electron chi connectivity index (χ2n) is 11.0. The third kappa shape index (κ3) is 8.15. The van der Waals surface area contributed by atoms with Gasteiger partial charge in [-0.2, -0.15) is 0 Å². The molecular formula is C27H50N2O4. The molecule has 6 heteroatoms. The third-order valence-electron chi connectivity index (χ3n) is 8.35. The monoisotopic (exact) mass is 466 g/mol. The smallest absolute Gasteiger partial charge is 0.169 e. The molecule has 2 N–H and O–H groups in total. The maximum Gasteiger partial charge on any atom is 0.169 e. The fourth-order valence-corrected chi connectivity index (χ4v) is 6.22. The van der Waals surface area contributed by atoms with E-state index in [2.05, 4.69) is 17.6 Å². The van der Waals surface area contributed by atoms with E-state index in [1.165, 1.54) is 83.5 Å². The largest absolute Gasteiger partial charge is 0.375 e. The highest BCUT2D eigenvalue weighted by Crippen LogP contribution is 2.38. The molecule has 4 fully saturated rings. The number of ether oxygens (including phenoxy) is 4. The summed E-state index contributed by atoms with van der Waals surface area (Å²) in [5, 5.41) is 7.17. The minimum Gasteiger partial charge on any atom is -0.375 e. The Morgan fingerprint density at radius 2 is 1.55 bits per heavy atom. The Hall–Kier alpha value is -0.240. The van der Waals surface area contributed by atoms with Gasteiger partial charge < -0.3 is 18.9 Å². The van der Waals surface area contributed by atoms with Crippen LogP contribution >= 0.6 is 0 Å². The summed E-state index contributed by atoms with van der Waals surface area (Å²) in [6.45, 7) is 6.67. The van der Waals surface area contributed by atoms with Crippen LogP contribution in [0.5, 0.6) is 0 Å². The van der Waals surface area contributed by atoms with Crippen molar-refractivity contribution in [3.63, 3.8) is 0 Å². The Morgan fingerprint density at radius 3 is 2.30 bits per heavy atom. The lowest BCUT2D eigenvalue weighted by Gasteiger charge is -2.38. The predicted octanol–water partition coefficient (Wildman–Crippen LogP) is 5.11. The van der Waals surface area contributed by atoms with E-state index in [1.807, 2.05) is 0 Å². The molecular weight excluding hydrogens is 416 g/mol. The van der Waals surface area contributed by atoms with Crippen LogP contribution in [-0.2, 0) is 18.9 Å². The molecule has 6 nitrogen and oxygen atoms in total. The number of nitrogens with one attached hydrogen (secondary N) is 2. The topological polar surface area (TPSA) is 61.0 Å². The van der Waals surface area contributed by atoms with E-state index in [0.717, 1.165) is 38.5 Å². The number of unbranched alkanes of at least 4 members (excludes halogenated alkanes) is 5. The Labute approximate surface area is 202 Å². The van der Waals surface area contributed by atoms with E-state index >= 15 is 0 Å². The number of rotatable bonds is 12. The first-order valence-electron chi connectivity index (χ1n) is 14.3. The molecule has 4 aliphatic rings. The van der Waals surface area contributed by atoms with Crippen LogP contribution in [0.15, 0.2) is 0 Å². The first-order chi connectivity index (χ1) is 16.3. The van der Waals surface area contributed by atoms with Gasteiger partial charge in [-0.1, -0.05) is 45.4 Å². The second kappa shape index (κ2) is 13.7. The molecule has 4 rings (SSSR count). The van der Waals surface area contributed by atoms with Gasteiger partial charge in [0, 0.05) is 25.9 Å². The van der Waals surface area contributed by atoms with Crippen molar-refractivity contribution in [2.45, 2.75) is 128 Å². The van der Waals surface area contributed by atoms with E-state index in [1.54, 1.807) is 0 Å². The standard InChI is InChI=1S/C27H50N2O4/c1-2-3-4-5-6-10-17-30-26-28-18-23(19-29-26)22-11-13-24(14-12-22)31-20-25-21-32-27(33-25)15-8-7-9-16-27/h22-26,28-29H,2-21H2,1H3. The Balaban J connectivity index is 1.03. The third-order valence-corrected chi connectivity index (χ3v) is 8.35. The van der Waals surface area contributed by atoms with Crippen LogP contribution < -0.4 is 10.6 Å². The maximum atomic E-state index is 6.29. The maximum absolute atomic E-state index is 6.29. The van der Waals surface area contributed by atoms with Crippen molar-refractivity contribution < 1.29 is 18.9 Å². The van der Waals surface area contributed by atoms with E-state index < -0.39 is 0 Å². The SMILES string of the molecule is CCCCCCCCOC1NCC(C2CCC(OCC3COC4(CCCCC4)O3)CC2)CN1. The molecule has 0 aromatic carbocycles. The summed E-state index contributed by atoms with van der Waals surface area (Å²) >= 11 is 0. The van der Waals surface area contributed by atoms with E-state index in [4.69, 9.17) is 18.9 Å². The minimum absolute atomic E-state index is 0.0395. The molecule has 192 valence electrons. The summed E-state index contributed by atoms with van der Waals surface area (Å²) in [6.07, 6.45) is 19.2. The summed E-state index contributed by atoms with van der Waals surface area (Å²) in [6, 6.07) is 0. The molecule has 2 heterocycles. The Kier molecular flexibility index (Phi) is 10.8. The minimum atomic E-state index is -0.277. The van der Waals surface area contributed by atoms with Crippen molar-refractivity contribution >= 4 is 0 Å². The normalized spacial score (nSPS) is 34.6. The van der Waals surface area contributed by atoms with Gasteiger partial charge in [-0.15, -0.1) is 0 Å². The zero-order valence-electron chi connectivity index (χ0n) is 21.2. The van der Waals surface area contributed by atoms with Crippen LogP contribution in [0.25, 0.3) is 0 Å². The summed E-state index contributed by atoms with van der Waals surface area (Å²) in [4.78, 5) is 0. The number of hydrogen-bond donors (Lipinski definition) is 2. The summed E-state index contributed by atoms with van der Waals surface area (Å²) in [7, 11) is 0. The van der Waals surface area contributed by atoms with E-state index in [-0.39, 0.29) is 18.2 Å². The molecule has 1 unspecified atom stereocenters. The van der Waals surface area contributed by atoms with Gasteiger partial charge in [0.25, 0.3) is 0 Å². The molecule has 0 radical (unpaired) electrons. The van der Waals surface area contributed by atoms with Gasteiger partial charge in [0.15, 0.2) is 12.1 Å². The highest BCUT2D eigenvalue weighted by atomic mass is 16.8. The highest BCUT2D eigenvalue weighted by molar-refractivity contribution is 4.85. The molecule has 2 aliphatic heterocycles. The fourth-order valence-electron chi connectivity index (χ4n) is 6.22. The van der Waals surface area contributed by atoms with Crippen molar-refractivity contribution in [1.82, 2.24) is 10.6 Å². The van der Waals surface area contributed by atoms with E-state index in [9.17, 15) is 0 Å². The molecule has 0 aromatic rings. The molecule has 0 amide bonds. The molecule has 1 atom stereocenters. The summed E-state index contributed by atoms with van der Waals surface area (Å²) in [5.74, 6) is 1.22. The van der Waals surface area contributed by atoms with Gasteiger partial charge >= 0.3 is 0 Å². The van der Waals surface area contributed by atoms with Gasteiger partial charge in [-0.3, -0.25) is 10.6 Å². The van der Waals surface area contributed by atoms with Crippen molar-refractivity contribution in [2.75, 3.05) is 32.9 Å². The lowest BCUT2D eigenvalue weighted by atomic mass is 9.78. The van der Waals surface area contributed by atoms with Crippen molar-refractivity contribution in [1.29, 1.82) is 0 Å². The highest BCUT2D eigenvalue weighted by Gasteiger charge is 2.42. The van der Waals surface area contributed by atoms with Crippen molar-refractivity contribution in [3.05, 3.63) is 0 Å². The molecule has 2 aliphatic carbocycles. The van der Waals surface area contributed by atoms with Crippen LogP contribution in [0.1, 0.15) is 103 Å². The van der Waals surface area contributed by atoms with Crippen LogP contribution in [0, 0.1) is 11.8 Å². The van der Waals surface area contributed by atoms with Crippen molar-refractivity contribution in [2.24, 2.45) is 11.8 Å². The first-order valence-corrected chi connectivity index (χ1v) is 14.3. The molecule has 2 saturated carbocycles. The van der Waals surface area contributed by atoms with Crippen LogP contribution in [0.2, 0.25) is 0 Å². The molecule has 2 saturated heterocycles. The summed E-state index contributed by atoms with van der Waals surface area (Å²) < 4.78 is 24.6. The molecule has 0 bridgehead atoms. The first kappa shape index (κ1) is 25.8. The van der Waals surface area contributed by atoms with Gasteiger partial charge in [0.05, 0.1) is 25.9 Å². The van der Waals surface area contributed by atoms with Gasteiger partial charge in [0.2, 0.25) is 0 Å². The molecule has 1 spiro atoms. The summed E-state index contributed by atoms with van der Waals surface area (Å²) in [5.41, 5.74) is 0. The van der Waals surface area contributed by atoms with Crippen molar-refractivity contribution in [3.8, 4) is 0 Å². The van der Waals surface area contributed by atoms with E-state index in [0.29, 0.717) is 25.2 Å². The predicted molar refractivity (Wildman–Crippen MR) is 131 cm³/mol.